The molecule has 0 atom stereocenters. The lowest BCUT2D eigenvalue weighted by Gasteiger charge is -2.35. The fourth-order valence-corrected chi connectivity index (χ4v) is 4.45. The molecule has 1 saturated heterocycles. The van der Waals surface area contributed by atoms with E-state index in [2.05, 4.69) is 4.98 Å². The summed E-state index contributed by atoms with van der Waals surface area (Å²) in [6, 6.07) is 14.7. The molecule has 0 unspecified atom stereocenters. The lowest BCUT2D eigenvalue weighted by Crippen LogP contribution is -2.49. The lowest BCUT2D eigenvalue weighted by molar-refractivity contribution is -0.384. The number of anilines is 1. The van der Waals surface area contributed by atoms with E-state index in [4.69, 9.17) is 0 Å². The van der Waals surface area contributed by atoms with Crippen molar-refractivity contribution >= 4 is 38.8 Å². The number of amides is 1. The Kier molecular flexibility index (Phi) is 5.21. The maximum atomic E-state index is 12.6. The topological polar surface area (TPSA) is 79.6 Å². The quantitative estimate of drug-likeness (QED) is 0.487. The number of aryl methyl sites for hydroxylation is 1. The third-order valence-corrected chi connectivity index (χ3v) is 6.04. The largest absolute Gasteiger partial charge is 0.362 e. The maximum Gasteiger partial charge on any atom is 0.292 e. The smallest absolute Gasteiger partial charge is 0.292 e. The van der Waals surface area contributed by atoms with E-state index in [0.29, 0.717) is 44.7 Å². The van der Waals surface area contributed by atoms with Crippen molar-refractivity contribution in [3.8, 4) is 0 Å². The Balaban J connectivity index is 1.33. The van der Waals surface area contributed by atoms with Gasteiger partial charge in [0.05, 0.1) is 20.1 Å². The number of fused-ring (bicyclic) bond motifs is 1. The molecule has 1 aliphatic rings. The van der Waals surface area contributed by atoms with Crippen LogP contribution in [-0.2, 0) is 11.2 Å². The number of nitro benzene ring substituents is 1. The molecule has 144 valence electrons. The molecular formula is C20H20N4O3S. The second kappa shape index (κ2) is 7.93. The third kappa shape index (κ3) is 3.82. The zero-order chi connectivity index (χ0) is 19.5. The van der Waals surface area contributed by atoms with Crippen LogP contribution in [0.25, 0.3) is 10.2 Å². The van der Waals surface area contributed by atoms with Crippen LogP contribution in [-0.4, -0.2) is 46.9 Å². The Morgan fingerprint density at radius 2 is 1.79 bits per heavy atom. The van der Waals surface area contributed by atoms with Crippen LogP contribution >= 0.6 is 11.3 Å². The zero-order valence-electron chi connectivity index (χ0n) is 15.3. The van der Waals surface area contributed by atoms with Crippen LogP contribution in [0, 0.1) is 10.1 Å². The van der Waals surface area contributed by atoms with Crippen LogP contribution in [0.4, 0.5) is 11.4 Å². The fraction of sp³-hybridized carbons (Fsp3) is 0.300. The second-order valence-electron chi connectivity index (χ2n) is 6.69. The predicted octanol–water partition coefficient (Wildman–Crippen LogP) is 3.49. The van der Waals surface area contributed by atoms with Gasteiger partial charge in [0.25, 0.3) is 5.69 Å². The highest BCUT2D eigenvalue weighted by Crippen LogP contribution is 2.28. The molecular weight excluding hydrogens is 376 g/mol. The fourth-order valence-electron chi connectivity index (χ4n) is 3.48. The number of aromatic nitrogens is 1. The molecule has 0 saturated carbocycles. The molecule has 1 amide bonds. The Morgan fingerprint density at radius 1 is 1.07 bits per heavy atom. The Bertz CT molecular complexity index is 978. The molecule has 0 spiro atoms. The molecule has 1 fully saturated rings. The maximum absolute atomic E-state index is 12.6. The van der Waals surface area contributed by atoms with E-state index in [-0.39, 0.29) is 16.5 Å². The first-order valence-corrected chi connectivity index (χ1v) is 10.0. The summed E-state index contributed by atoms with van der Waals surface area (Å²) in [5.74, 6) is 0.112. The normalized spacial score (nSPS) is 14.4. The molecule has 4 rings (SSSR count). The summed E-state index contributed by atoms with van der Waals surface area (Å²) < 4.78 is 1.14. The monoisotopic (exact) mass is 396 g/mol. The van der Waals surface area contributed by atoms with Gasteiger partial charge in [-0.05, 0) is 18.2 Å². The highest BCUT2D eigenvalue weighted by atomic mass is 32.1. The standard InChI is InChI=1S/C20H20N4O3S/c25-20(10-9-19-21-15-5-1-4-8-18(15)28-19)23-13-11-22(12-14-23)16-6-2-3-7-17(16)24(26)27/h1-8H,9-14H2. The Morgan fingerprint density at radius 3 is 2.54 bits per heavy atom. The van der Waals surface area contributed by atoms with Crippen molar-refractivity contribution in [2.24, 2.45) is 0 Å². The summed E-state index contributed by atoms with van der Waals surface area (Å²) >= 11 is 1.63. The first-order valence-electron chi connectivity index (χ1n) is 9.22. The van der Waals surface area contributed by atoms with Gasteiger partial charge < -0.3 is 9.80 Å². The van der Waals surface area contributed by atoms with Crippen molar-refractivity contribution in [1.29, 1.82) is 0 Å². The minimum absolute atomic E-state index is 0.109. The minimum Gasteiger partial charge on any atom is -0.362 e. The summed E-state index contributed by atoms with van der Waals surface area (Å²) in [4.78, 5) is 31.9. The van der Waals surface area contributed by atoms with Crippen LogP contribution in [0.5, 0.6) is 0 Å². The predicted molar refractivity (Wildman–Crippen MR) is 110 cm³/mol. The van der Waals surface area contributed by atoms with Crippen molar-refractivity contribution in [2.75, 3.05) is 31.1 Å². The summed E-state index contributed by atoms with van der Waals surface area (Å²) in [7, 11) is 0. The number of para-hydroxylation sites is 3. The van der Waals surface area contributed by atoms with E-state index in [1.54, 1.807) is 29.5 Å². The number of nitrogens with zero attached hydrogens (tertiary/aromatic N) is 4. The molecule has 0 N–H and O–H groups in total. The van der Waals surface area contributed by atoms with E-state index in [1.165, 1.54) is 6.07 Å². The molecule has 1 aromatic heterocycles. The van der Waals surface area contributed by atoms with Crippen molar-refractivity contribution in [3.63, 3.8) is 0 Å². The molecule has 28 heavy (non-hydrogen) atoms. The number of rotatable bonds is 5. The molecule has 7 nitrogen and oxygen atoms in total. The Labute approximate surface area is 166 Å². The van der Waals surface area contributed by atoms with Crippen molar-refractivity contribution in [1.82, 2.24) is 9.88 Å². The van der Waals surface area contributed by atoms with Gasteiger partial charge in [0, 0.05) is 45.1 Å². The molecule has 0 bridgehead atoms. The summed E-state index contributed by atoms with van der Waals surface area (Å²) in [6.45, 7) is 2.34. The molecule has 2 heterocycles. The van der Waals surface area contributed by atoms with Gasteiger partial charge in [-0.3, -0.25) is 14.9 Å². The number of thiazole rings is 1. The average molecular weight is 396 g/mol. The number of nitro groups is 1. The number of hydrogen-bond donors (Lipinski definition) is 0. The van der Waals surface area contributed by atoms with Crippen LogP contribution in [0.15, 0.2) is 48.5 Å². The summed E-state index contributed by atoms with van der Waals surface area (Å²) in [6.07, 6.45) is 1.08. The molecule has 3 aromatic rings. The highest BCUT2D eigenvalue weighted by Gasteiger charge is 2.25. The highest BCUT2D eigenvalue weighted by molar-refractivity contribution is 7.18. The summed E-state index contributed by atoms with van der Waals surface area (Å²) in [5.41, 5.74) is 1.71. The number of carbonyl (C=O) groups excluding carboxylic acids is 1. The second-order valence-corrected chi connectivity index (χ2v) is 7.80. The van der Waals surface area contributed by atoms with Gasteiger partial charge in [-0.25, -0.2) is 4.98 Å². The van der Waals surface area contributed by atoms with Crippen molar-refractivity contribution in [2.45, 2.75) is 12.8 Å². The lowest BCUT2D eigenvalue weighted by atomic mass is 10.2. The van der Waals surface area contributed by atoms with Crippen LogP contribution in [0.1, 0.15) is 11.4 Å². The first kappa shape index (κ1) is 18.4. The van der Waals surface area contributed by atoms with Crippen LogP contribution in [0.3, 0.4) is 0 Å². The number of piperazine rings is 1. The van der Waals surface area contributed by atoms with Crippen molar-refractivity contribution < 1.29 is 9.72 Å². The van der Waals surface area contributed by atoms with Gasteiger partial charge in [0.1, 0.15) is 5.69 Å². The summed E-state index contributed by atoms with van der Waals surface area (Å²) in [5, 5.41) is 12.2. The van der Waals surface area contributed by atoms with E-state index in [1.807, 2.05) is 34.1 Å². The van der Waals surface area contributed by atoms with E-state index in [0.717, 1.165) is 15.2 Å². The van der Waals surface area contributed by atoms with E-state index in [9.17, 15) is 14.9 Å². The van der Waals surface area contributed by atoms with Gasteiger partial charge in [-0.2, -0.15) is 0 Å². The number of benzene rings is 2. The van der Waals surface area contributed by atoms with E-state index >= 15 is 0 Å². The van der Waals surface area contributed by atoms with Crippen molar-refractivity contribution in [3.05, 3.63) is 63.7 Å². The number of carbonyl (C=O) groups is 1. The van der Waals surface area contributed by atoms with Gasteiger partial charge >= 0.3 is 0 Å². The van der Waals surface area contributed by atoms with Gasteiger partial charge in [-0.15, -0.1) is 11.3 Å². The molecule has 2 aromatic carbocycles. The van der Waals surface area contributed by atoms with Gasteiger partial charge in [0.2, 0.25) is 5.91 Å². The Hall–Kier alpha value is -3.00. The first-order chi connectivity index (χ1) is 13.6. The average Bonchev–Trinajstić information content (AvgIpc) is 3.15. The molecule has 8 heteroatoms. The van der Waals surface area contributed by atoms with E-state index < -0.39 is 0 Å². The number of hydrogen-bond acceptors (Lipinski definition) is 6. The third-order valence-electron chi connectivity index (χ3n) is 4.94. The molecule has 0 aliphatic carbocycles. The zero-order valence-corrected chi connectivity index (χ0v) is 16.1. The van der Waals surface area contributed by atoms with Crippen LogP contribution < -0.4 is 4.90 Å². The molecule has 1 aliphatic heterocycles. The van der Waals surface area contributed by atoms with Crippen LogP contribution in [0.2, 0.25) is 0 Å². The minimum atomic E-state index is -0.356. The van der Waals surface area contributed by atoms with Gasteiger partial charge in [0.15, 0.2) is 0 Å². The van der Waals surface area contributed by atoms with Gasteiger partial charge in [-0.1, -0.05) is 24.3 Å². The molecule has 0 radical (unpaired) electrons. The SMILES string of the molecule is O=C(CCc1nc2ccccc2s1)N1CCN(c2ccccc2[N+](=O)[O-])CC1.